The van der Waals surface area contributed by atoms with Gasteiger partial charge in [0.2, 0.25) is 5.91 Å². The molecule has 2 fully saturated rings. The number of non-ortho nitro benzene ring substituents is 1. The highest BCUT2D eigenvalue weighted by atomic mass is 35.5. The third kappa shape index (κ3) is 6.24. The number of fused-ring (bicyclic) bond motifs is 3. The molecule has 45 heavy (non-hydrogen) atoms. The number of amides is 1. The predicted octanol–water partition coefficient (Wildman–Crippen LogP) is 5.40. The number of nitro benzene ring substituents is 1. The number of piperazine rings is 1. The second-order valence-corrected chi connectivity index (χ2v) is 13.0. The maximum absolute atomic E-state index is 14.2. The third-order valence-corrected chi connectivity index (χ3v) is 9.41. The number of nitrogens with zero attached hydrogens (tertiary/aromatic N) is 5. The summed E-state index contributed by atoms with van der Waals surface area (Å²) >= 11 is 6.16. The fourth-order valence-electron chi connectivity index (χ4n) is 6.96. The van der Waals surface area contributed by atoms with E-state index in [0.29, 0.717) is 36.8 Å². The van der Waals surface area contributed by atoms with Gasteiger partial charge in [0.15, 0.2) is 0 Å². The van der Waals surface area contributed by atoms with E-state index in [0.717, 1.165) is 29.8 Å². The Kier molecular flexibility index (Phi) is 8.74. The first kappa shape index (κ1) is 30.9. The minimum Gasteiger partial charge on any atom is -0.452 e. The molecule has 0 unspecified atom stereocenters. The molecule has 2 bridgehead atoms. The molecule has 0 saturated carbocycles. The van der Waals surface area contributed by atoms with Crippen molar-refractivity contribution >= 4 is 35.0 Å². The van der Waals surface area contributed by atoms with E-state index < -0.39 is 17.0 Å². The number of aromatic nitrogens is 2. The van der Waals surface area contributed by atoms with Gasteiger partial charge in [-0.05, 0) is 55.0 Å². The van der Waals surface area contributed by atoms with Crippen LogP contribution >= 0.6 is 11.6 Å². The van der Waals surface area contributed by atoms with Gasteiger partial charge in [-0.3, -0.25) is 14.9 Å². The number of nitro groups is 1. The highest BCUT2D eigenvalue weighted by molar-refractivity contribution is 6.30. The van der Waals surface area contributed by atoms with Gasteiger partial charge in [0.1, 0.15) is 18.2 Å². The first-order valence-electron chi connectivity index (χ1n) is 15.5. The van der Waals surface area contributed by atoms with E-state index in [2.05, 4.69) is 40.9 Å². The van der Waals surface area contributed by atoms with Crippen molar-refractivity contribution in [2.75, 3.05) is 24.5 Å². The number of hydrogen-bond donors (Lipinski definition) is 1. The molecule has 3 aromatic rings. The van der Waals surface area contributed by atoms with Crippen molar-refractivity contribution in [1.29, 1.82) is 0 Å². The number of carbonyl (C=O) groups is 2. The first-order valence-corrected chi connectivity index (χ1v) is 15.8. The summed E-state index contributed by atoms with van der Waals surface area (Å²) in [5.74, 6) is 0.161. The molecule has 1 amide bonds. The molecule has 1 aromatic heterocycles. The van der Waals surface area contributed by atoms with Crippen LogP contribution in [0.1, 0.15) is 85.2 Å². The van der Waals surface area contributed by atoms with Gasteiger partial charge in [0.25, 0.3) is 5.69 Å². The Morgan fingerprint density at radius 2 is 1.73 bits per heavy atom. The third-order valence-electron chi connectivity index (χ3n) is 9.16. The molecule has 0 spiro atoms. The van der Waals surface area contributed by atoms with E-state index >= 15 is 0 Å². The van der Waals surface area contributed by atoms with Crippen molar-refractivity contribution in [2.24, 2.45) is 0 Å². The Hall–Kier alpha value is -4.09. The zero-order valence-corrected chi connectivity index (χ0v) is 26.3. The Labute approximate surface area is 267 Å². The normalized spacial score (nSPS) is 22.8. The van der Waals surface area contributed by atoms with Gasteiger partial charge in [-0.15, -0.1) is 0 Å². The lowest BCUT2D eigenvalue weighted by Crippen LogP contribution is -2.58. The van der Waals surface area contributed by atoms with Gasteiger partial charge in [0, 0.05) is 60.5 Å². The van der Waals surface area contributed by atoms with E-state index in [4.69, 9.17) is 21.3 Å². The molecule has 6 rings (SSSR count). The van der Waals surface area contributed by atoms with Gasteiger partial charge in [-0.2, -0.15) is 0 Å². The van der Waals surface area contributed by atoms with Crippen LogP contribution in [-0.4, -0.2) is 69.4 Å². The minimum absolute atomic E-state index is 0.0552. The Bertz CT molecular complexity index is 1570. The van der Waals surface area contributed by atoms with Crippen molar-refractivity contribution in [2.45, 2.75) is 76.1 Å². The number of rotatable bonds is 9. The molecule has 3 heterocycles. The Morgan fingerprint density at radius 1 is 1.07 bits per heavy atom. The van der Waals surface area contributed by atoms with Crippen molar-refractivity contribution in [3.05, 3.63) is 92.4 Å². The summed E-state index contributed by atoms with van der Waals surface area (Å²) in [4.78, 5) is 51.2. The number of benzene rings is 2. The van der Waals surface area contributed by atoms with E-state index in [1.807, 2.05) is 24.3 Å². The smallest absolute Gasteiger partial charge is 0.338 e. The molecular weight excluding hydrogens is 596 g/mol. The topological polar surface area (TPSA) is 131 Å². The zero-order valence-electron chi connectivity index (χ0n) is 25.6. The first-order chi connectivity index (χ1) is 21.6. The van der Waals surface area contributed by atoms with Gasteiger partial charge >= 0.3 is 5.97 Å². The highest BCUT2D eigenvalue weighted by Gasteiger charge is 2.46. The molecule has 2 aromatic carbocycles. The largest absolute Gasteiger partial charge is 0.452 e. The lowest BCUT2D eigenvalue weighted by Gasteiger charge is -2.43. The van der Waals surface area contributed by atoms with Crippen LogP contribution in [0.3, 0.4) is 0 Å². The van der Waals surface area contributed by atoms with E-state index in [1.54, 1.807) is 0 Å². The Morgan fingerprint density at radius 3 is 2.36 bits per heavy atom. The molecule has 1 aliphatic carbocycles. The molecule has 2 saturated heterocycles. The minimum atomic E-state index is -0.553. The summed E-state index contributed by atoms with van der Waals surface area (Å²) in [6.07, 6.45) is 3.39. The van der Waals surface area contributed by atoms with Crippen molar-refractivity contribution in [1.82, 2.24) is 20.2 Å². The lowest BCUT2D eigenvalue weighted by molar-refractivity contribution is -0.384. The summed E-state index contributed by atoms with van der Waals surface area (Å²) in [6, 6.07) is 13.3. The maximum atomic E-state index is 14.2. The number of anilines is 1. The number of carbonyl (C=O) groups excluding carboxylic acids is 2. The summed E-state index contributed by atoms with van der Waals surface area (Å²) < 4.78 is 5.87. The molecule has 1 N–H and O–H groups in total. The quantitative estimate of drug-likeness (QED) is 0.187. The second-order valence-electron chi connectivity index (χ2n) is 12.5. The van der Waals surface area contributed by atoms with Crippen LogP contribution in [0.15, 0.2) is 54.9 Å². The van der Waals surface area contributed by atoms with Crippen LogP contribution in [-0.2, 0) is 9.53 Å². The van der Waals surface area contributed by atoms with Crippen LogP contribution in [0.5, 0.6) is 0 Å². The van der Waals surface area contributed by atoms with Crippen molar-refractivity contribution in [3.63, 3.8) is 0 Å². The summed E-state index contributed by atoms with van der Waals surface area (Å²) in [5.41, 5.74) is 2.77. The van der Waals surface area contributed by atoms with Crippen molar-refractivity contribution < 1.29 is 19.2 Å². The van der Waals surface area contributed by atoms with Gasteiger partial charge in [-0.25, -0.2) is 14.8 Å². The molecule has 2 aliphatic heterocycles. The standard InChI is InChI=1S/C33H37ClN6O5/c1-19(2)35-15-27(21-4-8-23(34)9-5-21)32(41)39-25-12-13-26(39)17-38(16-25)31-29-20(3)14-28(30(29)36-18-37-31)45-33(42)22-6-10-24(11-7-22)40(43)44/h4-11,18-20,25-28,35H,12-17H2,1-3H3/t20-,25-,26+,27-,28-/m1/s1. The van der Waals surface area contributed by atoms with Crippen LogP contribution in [0.2, 0.25) is 5.02 Å². The maximum Gasteiger partial charge on any atom is 0.338 e. The molecular formula is C33H37ClN6O5. The average Bonchev–Trinajstić information content (AvgIpc) is 3.48. The van der Waals surface area contributed by atoms with Crippen LogP contribution in [0.4, 0.5) is 11.5 Å². The zero-order chi connectivity index (χ0) is 31.8. The highest BCUT2D eigenvalue weighted by Crippen LogP contribution is 2.46. The molecule has 3 aliphatic rings. The molecule has 0 radical (unpaired) electrons. The van der Waals surface area contributed by atoms with Gasteiger partial charge < -0.3 is 19.9 Å². The SMILES string of the molecule is CC(C)NC[C@@H](C(=O)N1[C@@H]2CC[C@H]1CN(c1ncnc3c1[C@H](C)C[C@H]3OC(=O)c1ccc([N+](=O)[O-])cc1)C2)c1ccc(Cl)cc1. The Balaban J connectivity index is 1.19. The fourth-order valence-corrected chi connectivity index (χ4v) is 7.09. The second kappa shape index (κ2) is 12.7. The molecule has 5 atom stereocenters. The monoisotopic (exact) mass is 632 g/mol. The number of esters is 1. The van der Waals surface area contributed by atoms with E-state index in [1.165, 1.54) is 30.6 Å². The molecule has 11 nitrogen and oxygen atoms in total. The summed E-state index contributed by atoms with van der Waals surface area (Å²) in [7, 11) is 0. The van der Waals surface area contributed by atoms with Crippen LogP contribution in [0.25, 0.3) is 0 Å². The molecule has 12 heteroatoms. The van der Waals surface area contributed by atoms with Crippen LogP contribution in [0, 0.1) is 10.1 Å². The van der Waals surface area contributed by atoms with Crippen LogP contribution < -0.4 is 10.2 Å². The van der Waals surface area contributed by atoms with Gasteiger partial charge in [-0.1, -0.05) is 44.5 Å². The fraction of sp³-hybridized carbons (Fsp3) is 0.455. The summed E-state index contributed by atoms with van der Waals surface area (Å²) in [5, 5.41) is 15.1. The number of ether oxygens (including phenoxy) is 1. The predicted molar refractivity (Wildman–Crippen MR) is 170 cm³/mol. The summed E-state index contributed by atoms with van der Waals surface area (Å²) in [6.45, 7) is 8.11. The van der Waals surface area contributed by atoms with Crippen molar-refractivity contribution in [3.8, 4) is 0 Å². The van der Waals surface area contributed by atoms with E-state index in [9.17, 15) is 19.7 Å². The average molecular weight is 633 g/mol. The lowest BCUT2D eigenvalue weighted by atomic mass is 9.95. The number of hydrogen-bond acceptors (Lipinski definition) is 9. The van der Waals surface area contributed by atoms with E-state index in [-0.39, 0.29) is 47.1 Å². The number of nitrogens with one attached hydrogen (secondary N) is 1. The van der Waals surface area contributed by atoms with Gasteiger partial charge in [0.05, 0.1) is 22.1 Å². The number of halogens is 1. The molecule has 236 valence electrons.